The molecule has 0 amide bonds. The number of methoxy groups -OCH3 is 1. The van der Waals surface area contributed by atoms with Crippen molar-refractivity contribution in [2.24, 2.45) is 0 Å². The Hall–Kier alpha value is -1.39. The molecular formula is C14H20O3Si. The van der Waals surface area contributed by atoms with Gasteiger partial charge in [0.15, 0.2) is 8.32 Å². The van der Waals surface area contributed by atoms with Gasteiger partial charge in [0.1, 0.15) is 0 Å². The summed E-state index contributed by atoms with van der Waals surface area (Å²) in [4.78, 5) is 11.3. The van der Waals surface area contributed by atoms with Gasteiger partial charge in [-0.25, -0.2) is 4.79 Å². The maximum Gasteiger partial charge on any atom is 0.337 e. The van der Waals surface area contributed by atoms with E-state index in [0.717, 1.165) is 11.6 Å². The summed E-state index contributed by atoms with van der Waals surface area (Å²) in [6.45, 7) is 8.65. The zero-order valence-corrected chi connectivity index (χ0v) is 12.2. The normalized spacial score (nSPS) is 11.1. The van der Waals surface area contributed by atoms with E-state index in [9.17, 15) is 4.79 Å². The van der Waals surface area contributed by atoms with Crippen molar-refractivity contribution in [2.45, 2.75) is 25.7 Å². The summed E-state index contributed by atoms with van der Waals surface area (Å²) < 4.78 is 10.6. The van der Waals surface area contributed by atoms with Crippen LogP contribution in [-0.2, 0) is 15.8 Å². The van der Waals surface area contributed by atoms with E-state index in [-0.39, 0.29) is 5.97 Å². The molecule has 0 fully saturated rings. The molecule has 0 saturated heterocycles. The number of hydrogen-bond donors (Lipinski definition) is 0. The van der Waals surface area contributed by atoms with Crippen LogP contribution in [0.15, 0.2) is 36.9 Å². The minimum absolute atomic E-state index is 0.316. The molecule has 0 atom stereocenters. The number of allylic oxidation sites excluding steroid dienone is 1. The molecule has 0 saturated carbocycles. The Bertz CT molecular complexity index is 410. The molecule has 0 aromatic heterocycles. The van der Waals surface area contributed by atoms with Crippen LogP contribution in [0.25, 0.3) is 0 Å². The first-order valence-corrected chi connectivity index (χ1v) is 9.02. The Labute approximate surface area is 110 Å². The third-order valence-corrected chi connectivity index (χ3v) is 4.84. The van der Waals surface area contributed by atoms with Crippen molar-refractivity contribution < 1.29 is 14.0 Å². The van der Waals surface area contributed by atoms with Gasteiger partial charge in [0, 0.05) is 0 Å². The Morgan fingerprint density at radius 3 is 2.44 bits per heavy atom. The smallest absolute Gasteiger partial charge is 0.337 e. The van der Waals surface area contributed by atoms with E-state index in [2.05, 4.69) is 24.4 Å². The first kappa shape index (κ1) is 14.7. The lowest BCUT2D eigenvalue weighted by atomic mass is 10.1. The zero-order chi connectivity index (χ0) is 13.6. The molecule has 4 heteroatoms. The van der Waals surface area contributed by atoms with E-state index in [1.807, 2.05) is 18.2 Å². The second-order valence-corrected chi connectivity index (χ2v) is 8.95. The molecule has 0 N–H and O–H groups in total. The van der Waals surface area contributed by atoms with Crippen LogP contribution < -0.4 is 0 Å². The van der Waals surface area contributed by atoms with Crippen molar-refractivity contribution in [3.8, 4) is 0 Å². The number of hydrogen-bond acceptors (Lipinski definition) is 3. The van der Waals surface area contributed by atoms with Crippen LogP contribution in [0.3, 0.4) is 0 Å². The average Bonchev–Trinajstić information content (AvgIpc) is 2.36. The molecule has 1 aromatic rings. The van der Waals surface area contributed by atoms with E-state index in [4.69, 9.17) is 4.43 Å². The summed E-state index contributed by atoms with van der Waals surface area (Å²) in [5.74, 6) is -0.316. The fraction of sp³-hybridized carbons (Fsp3) is 0.357. The van der Waals surface area contributed by atoms with Crippen LogP contribution in [0.5, 0.6) is 0 Å². The van der Waals surface area contributed by atoms with E-state index in [1.165, 1.54) is 7.11 Å². The minimum atomic E-state index is -1.64. The van der Waals surface area contributed by atoms with Gasteiger partial charge >= 0.3 is 5.97 Å². The van der Waals surface area contributed by atoms with E-state index in [0.29, 0.717) is 12.2 Å². The van der Waals surface area contributed by atoms with Crippen molar-refractivity contribution in [1.29, 1.82) is 0 Å². The maximum absolute atomic E-state index is 11.3. The second kappa shape index (κ2) is 6.52. The second-order valence-electron chi connectivity index (χ2n) is 4.73. The number of ether oxygens (including phenoxy) is 1. The Kier molecular flexibility index (Phi) is 5.31. The zero-order valence-electron chi connectivity index (χ0n) is 11.2. The average molecular weight is 264 g/mol. The third-order valence-electron chi connectivity index (χ3n) is 2.64. The van der Waals surface area contributed by atoms with E-state index < -0.39 is 8.32 Å². The van der Waals surface area contributed by atoms with Gasteiger partial charge < -0.3 is 9.16 Å². The standard InChI is InChI=1S/C14H20O3Si/c1-5-10-18(3,4)17-11-12-6-8-13(9-7-12)14(15)16-2/h5-9H,1,10-11H2,2-4H3. The Morgan fingerprint density at radius 1 is 1.33 bits per heavy atom. The maximum atomic E-state index is 11.3. The molecule has 0 radical (unpaired) electrons. The van der Waals surface area contributed by atoms with Crippen molar-refractivity contribution >= 4 is 14.3 Å². The third kappa shape index (κ3) is 4.47. The molecule has 0 aliphatic carbocycles. The van der Waals surface area contributed by atoms with Gasteiger partial charge in [-0.05, 0) is 36.8 Å². The summed E-state index contributed by atoms with van der Waals surface area (Å²) in [6.07, 6.45) is 1.91. The van der Waals surface area contributed by atoms with Crippen molar-refractivity contribution in [3.63, 3.8) is 0 Å². The SMILES string of the molecule is C=CC[Si](C)(C)OCc1ccc(C(=O)OC)cc1. The summed E-state index contributed by atoms with van der Waals surface area (Å²) >= 11 is 0. The largest absolute Gasteiger partial charge is 0.465 e. The van der Waals surface area contributed by atoms with E-state index in [1.54, 1.807) is 12.1 Å². The lowest BCUT2D eigenvalue weighted by molar-refractivity contribution is 0.0600. The Morgan fingerprint density at radius 2 is 1.94 bits per heavy atom. The highest BCUT2D eigenvalue weighted by Gasteiger charge is 2.20. The quantitative estimate of drug-likeness (QED) is 0.449. The van der Waals surface area contributed by atoms with Gasteiger partial charge in [0.05, 0.1) is 19.3 Å². The van der Waals surface area contributed by atoms with Gasteiger partial charge in [-0.3, -0.25) is 0 Å². The van der Waals surface area contributed by atoms with Crippen LogP contribution in [-0.4, -0.2) is 21.4 Å². The molecular weight excluding hydrogens is 244 g/mol. The van der Waals surface area contributed by atoms with Crippen LogP contribution >= 0.6 is 0 Å². The molecule has 3 nitrogen and oxygen atoms in total. The predicted molar refractivity (Wildman–Crippen MR) is 75.1 cm³/mol. The topological polar surface area (TPSA) is 35.5 Å². The van der Waals surface area contributed by atoms with Gasteiger partial charge in [-0.1, -0.05) is 18.2 Å². The fourth-order valence-electron chi connectivity index (χ4n) is 1.54. The Balaban J connectivity index is 2.59. The van der Waals surface area contributed by atoms with Gasteiger partial charge in [-0.2, -0.15) is 0 Å². The number of esters is 1. The monoisotopic (exact) mass is 264 g/mol. The van der Waals surface area contributed by atoms with E-state index >= 15 is 0 Å². The molecule has 1 aromatic carbocycles. The molecule has 1 rings (SSSR count). The minimum Gasteiger partial charge on any atom is -0.465 e. The molecule has 0 aliphatic rings. The van der Waals surface area contributed by atoms with Gasteiger partial charge in [-0.15, -0.1) is 6.58 Å². The summed E-state index contributed by atoms with van der Waals surface area (Å²) in [7, 11) is -0.260. The highest BCUT2D eigenvalue weighted by molar-refractivity contribution is 6.71. The molecule has 0 unspecified atom stereocenters. The first-order valence-electron chi connectivity index (χ1n) is 5.90. The highest BCUT2D eigenvalue weighted by Crippen LogP contribution is 2.15. The number of rotatable bonds is 6. The molecule has 0 aliphatic heterocycles. The summed E-state index contributed by atoms with van der Waals surface area (Å²) in [5, 5.41) is 0. The summed E-state index contributed by atoms with van der Waals surface area (Å²) in [6, 6.07) is 8.24. The van der Waals surface area contributed by atoms with Crippen molar-refractivity contribution in [2.75, 3.05) is 7.11 Å². The lowest BCUT2D eigenvalue weighted by Crippen LogP contribution is -2.28. The van der Waals surface area contributed by atoms with Crippen molar-refractivity contribution in [3.05, 3.63) is 48.0 Å². The van der Waals surface area contributed by atoms with Crippen LogP contribution in [0.2, 0.25) is 19.1 Å². The van der Waals surface area contributed by atoms with Crippen LogP contribution in [0.1, 0.15) is 15.9 Å². The molecule has 0 bridgehead atoms. The number of benzene rings is 1. The fourth-order valence-corrected chi connectivity index (χ4v) is 2.91. The molecule has 18 heavy (non-hydrogen) atoms. The number of carbonyl (C=O) groups excluding carboxylic acids is 1. The van der Waals surface area contributed by atoms with Gasteiger partial charge in [0.25, 0.3) is 0 Å². The lowest BCUT2D eigenvalue weighted by Gasteiger charge is -2.21. The molecule has 0 heterocycles. The summed E-state index contributed by atoms with van der Waals surface area (Å²) in [5.41, 5.74) is 1.62. The highest BCUT2D eigenvalue weighted by atomic mass is 28.4. The molecule has 0 spiro atoms. The predicted octanol–water partition coefficient (Wildman–Crippen LogP) is 3.38. The number of carbonyl (C=O) groups is 1. The van der Waals surface area contributed by atoms with Crippen LogP contribution in [0, 0.1) is 0 Å². The van der Waals surface area contributed by atoms with Gasteiger partial charge in [0.2, 0.25) is 0 Å². The van der Waals surface area contributed by atoms with Crippen LogP contribution in [0.4, 0.5) is 0 Å². The van der Waals surface area contributed by atoms with Crippen molar-refractivity contribution in [1.82, 2.24) is 0 Å². The first-order chi connectivity index (χ1) is 8.48. The molecule has 98 valence electrons.